The number of rotatable bonds is 8. The van der Waals surface area contributed by atoms with Gasteiger partial charge in [-0.05, 0) is 42.3 Å². The number of methoxy groups -OCH3 is 1. The third kappa shape index (κ3) is 6.64. The molecule has 0 spiro atoms. The molecule has 0 aromatic heterocycles. The van der Waals surface area contributed by atoms with E-state index in [1.165, 1.54) is 44.5 Å². The van der Waals surface area contributed by atoms with Gasteiger partial charge < -0.3 is 20.1 Å². The lowest BCUT2D eigenvalue weighted by atomic mass is 10.1. The van der Waals surface area contributed by atoms with Crippen LogP contribution in [-0.4, -0.2) is 38.8 Å². The smallest absolute Gasteiger partial charge is 0.422 e. The van der Waals surface area contributed by atoms with Crippen LogP contribution >= 0.6 is 0 Å². The summed E-state index contributed by atoms with van der Waals surface area (Å²) in [5, 5.41) is 4.87. The lowest BCUT2D eigenvalue weighted by Crippen LogP contribution is -2.20. The SMILES string of the molecule is CNC(=O)c1cc(NC(=O)CCc2ccc(OCC(F)(F)F)c(OC)c2)ccc1F. The average molecular weight is 428 g/mol. The van der Waals surface area contributed by atoms with Crippen LogP contribution in [0.1, 0.15) is 22.3 Å². The molecule has 30 heavy (non-hydrogen) atoms. The molecule has 10 heteroatoms. The standard InChI is InChI=1S/C20H20F4N2O4/c1-25-19(28)14-10-13(5-6-15(14)21)26-18(27)8-4-12-3-7-16(17(9-12)29-2)30-11-20(22,23)24/h3,5-7,9-10H,4,8,11H2,1-2H3,(H,25,28)(H,26,27). The summed E-state index contributed by atoms with van der Waals surface area (Å²) in [4.78, 5) is 23.8. The van der Waals surface area contributed by atoms with Gasteiger partial charge in [0, 0.05) is 19.2 Å². The first kappa shape index (κ1) is 23.0. The van der Waals surface area contributed by atoms with E-state index in [0.29, 0.717) is 5.56 Å². The molecule has 2 amide bonds. The van der Waals surface area contributed by atoms with Gasteiger partial charge in [-0.2, -0.15) is 13.2 Å². The first-order valence-electron chi connectivity index (χ1n) is 8.81. The molecule has 0 heterocycles. The zero-order chi connectivity index (χ0) is 22.3. The first-order chi connectivity index (χ1) is 14.1. The molecule has 2 rings (SSSR count). The van der Waals surface area contributed by atoms with Gasteiger partial charge in [-0.25, -0.2) is 4.39 Å². The predicted octanol–water partition coefficient (Wildman–Crippen LogP) is 3.71. The van der Waals surface area contributed by atoms with Gasteiger partial charge in [-0.3, -0.25) is 9.59 Å². The summed E-state index contributed by atoms with van der Waals surface area (Å²) in [5.74, 6) is -1.67. The monoisotopic (exact) mass is 428 g/mol. The van der Waals surface area contributed by atoms with E-state index in [1.54, 1.807) is 0 Å². The Hall–Kier alpha value is -3.30. The fourth-order valence-corrected chi connectivity index (χ4v) is 2.54. The van der Waals surface area contributed by atoms with Gasteiger partial charge in [0.2, 0.25) is 5.91 Å². The second kappa shape index (κ2) is 9.95. The topological polar surface area (TPSA) is 76.7 Å². The van der Waals surface area contributed by atoms with Gasteiger partial charge in [0.05, 0.1) is 12.7 Å². The Bertz CT molecular complexity index is 916. The highest BCUT2D eigenvalue weighted by Crippen LogP contribution is 2.30. The van der Waals surface area contributed by atoms with Crippen LogP contribution in [0.3, 0.4) is 0 Å². The molecule has 0 fully saturated rings. The second-order valence-corrected chi connectivity index (χ2v) is 6.21. The molecule has 0 radical (unpaired) electrons. The number of carbonyl (C=O) groups is 2. The minimum absolute atomic E-state index is 0.0403. The maximum absolute atomic E-state index is 13.7. The Kier molecular flexibility index (Phi) is 7.62. The predicted molar refractivity (Wildman–Crippen MR) is 101 cm³/mol. The summed E-state index contributed by atoms with van der Waals surface area (Å²) in [7, 11) is 2.66. The van der Waals surface area contributed by atoms with Crippen molar-refractivity contribution in [3.05, 3.63) is 53.3 Å². The number of nitrogens with one attached hydrogen (secondary N) is 2. The van der Waals surface area contributed by atoms with Crippen LogP contribution in [-0.2, 0) is 11.2 Å². The summed E-state index contributed by atoms with van der Waals surface area (Å²) < 4.78 is 60.3. The molecule has 0 bridgehead atoms. The Balaban J connectivity index is 1.98. The van der Waals surface area contributed by atoms with Crippen LogP contribution in [0.4, 0.5) is 23.2 Å². The van der Waals surface area contributed by atoms with E-state index in [1.807, 2.05) is 0 Å². The van der Waals surface area contributed by atoms with Crippen LogP contribution in [0.5, 0.6) is 11.5 Å². The average Bonchev–Trinajstić information content (AvgIpc) is 2.71. The minimum atomic E-state index is -4.47. The van der Waals surface area contributed by atoms with Crippen LogP contribution in [0.2, 0.25) is 0 Å². The summed E-state index contributed by atoms with van der Waals surface area (Å²) in [6, 6.07) is 7.99. The number of aryl methyl sites for hydroxylation is 1. The first-order valence-corrected chi connectivity index (χ1v) is 8.81. The van der Waals surface area contributed by atoms with Gasteiger partial charge >= 0.3 is 6.18 Å². The lowest BCUT2D eigenvalue weighted by Gasteiger charge is -2.13. The summed E-state index contributed by atoms with van der Waals surface area (Å²) in [5.41, 5.74) is 0.703. The van der Waals surface area contributed by atoms with Crippen molar-refractivity contribution in [2.45, 2.75) is 19.0 Å². The molecule has 0 aliphatic heterocycles. The fourth-order valence-electron chi connectivity index (χ4n) is 2.54. The van der Waals surface area contributed by atoms with Gasteiger partial charge in [-0.1, -0.05) is 6.07 Å². The number of amides is 2. The molecule has 2 N–H and O–H groups in total. The number of ether oxygens (including phenoxy) is 2. The maximum Gasteiger partial charge on any atom is 0.422 e. The number of benzene rings is 2. The van der Waals surface area contributed by atoms with E-state index < -0.39 is 24.5 Å². The van der Waals surface area contributed by atoms with E-state index in [0.717, 1.165) is 6.07 Å². The Labute approximate surface area is 170 Å². The van der Waals surface area contributed by atoms with Crippen molar-refractivity contribution in [3.8, 4) is 11.5 Å². The van der Waals surface area contributed by atoms with Crippen molar-refractivity contribution in [1.82, 2.24) is 5.32 Å². The lowest BCUT2D eigenvalue weighted by molar-refractivity contribution is -0.153. The largest absolute Gasteiger partial charge is 0.493 e. The Morgan fingerprint density at radius 3 is 2.43 bits per heavy atom. The molecule has 0 atom stereocenters. The van der Waals surface area contributed by atoms with Gasteiger partial charge in [0.25, 0.3) is 5.91 Å². The number of alkyl halides is 3. The molecule has 162 valence electrons. The van der Waals surface area contributed by atoms with Crippen LogP contribution in [0.25, 0.3) is 0 Å². The van der Waals surface area contributed by atoms with Crippen LogP contribution in [0, 0.1) is 5.82 Å². The summed E-state index contributed by atoms with van der Waals surface area (Å²) in [6.45, 7) is -1.44. The number of carbonyl (C=O) groups excluding carboxylic acids is 2. The zero-order valence-corrected chi connectivity index (χ0v) is 16.2. The maximum atomic E-state index is 13.7. The highest BCUT2D eigenvalue weighted by molar-refractivity contribution is 5.97. The van der Waals surface area contributed by atoms with E-state index in [4.69, 9.17) is 9.47 Å². The molecule has 0 aliphatic carbocycles. The molecule has 0 saturated carbocycles. The molecular formula is C20H20F4N2O4. The van der Waals surface area contributed by atoms with E-state index in [2.05, 4.69) is 10.6 Å². The fraction of sp³-hybridized carbons (Fsp3) is 0.300. The third-order valence-electron chi connectivity index (χ3n) is 3.98. The van der Waals surface area contributed by atoms with Crippen molar-refractivity contribution in [2.24, 2.45) is 0 Å². The molecule has 0 unspecified atom stereocenters. The Morgan fingerprint density at radius 1 is 1.07 bits per heavy atom. The molecular weight excluding hydrogens is 408 g/mol. The number of hydrogen-bond acceptors (Lipinski definition) is 4. The van der Waals surface area contributed by atoms with Crippen molar-refractivity contribution < 1.29 is 36.6 Å². The van der Waals surface area contributed by atoms with E-state index in [9.17, 15) is 27.2 Å². The van der Waals surface area contributed by atoms with Crippen LogP contribution < -0.4 is 20.1 Å². The summed E-state index contributed by atoms with van der Waals surface area (Å²) >= 11 is 0. The van der Waals surface area contributed by atoms with Gasteiger partial charge in [-0.15, -0.1) is 0 Å². The molecule has 6 nitrogen and oxygen atoms in total. The second-order valence-electron chi connectivity index (χ2n) is 6.21. The van der Waals surface area contributed by atoms with E-state index in [-0.39, 0.29) is 41.5 Å². The third-order valence-corrected chi connectivity index (χ3v) is 3.98. The van der Waals surface area contributed by atoms with Crippen molar-refractivity contribution in [1.29, 1.82) is 0 Å². The molecule has 2 aromatic rings. The normalized spacial score (nSPS) is 11.0. The van der Waals surface area contributed by atoms with E-state index >= 15 is 0 Å². The quantitative estimate of drug-likeness (QED) is 0.629. The number of hydrogen-bond donors (Lipinski definition) is 2. The minimum Gasteiger partial charge on any atom is -0.493 e. The van der Waals surface area contributed by atoms with Gasteiger partial charge in [0.1, 0.15) is 5.82 Å². The highest BCUT2D eigenvalue weighted by atomic mass is 19.4. The number of anilines is 1. The van der Waals surface area contributed by atoms with Crippen molar-refractivity contribution in [3.63, 3.8) is 0 Å². The summed E-state index contributed by atoms with van der Waals surface area (Å²) in [6.07, 6.45) is -4.16. The molecule has 2 aromatic carbocycles. The highest BCUT2D eigenvalue weighted by Gasteiger charge is 2.29. The van der Waals surface area contributed by atoms with Crippen molar-refractivity contribution in [2.75, 3.05) is 26.1 Å². The molecule has 0 aliphatic rings. The van der Waals surface area contributed by atoms with Gasteiger partial charge in [0.15, 0.2) is 18.1 Å². The number of halogens is 4. The zero-order valence-electron chi connectivity index (χ0n) is 16.2. The Morgan fingerprint density at radius 2 is 1.80 bits per heavy atom. The van der Waals surface area contributed by atoms with Crippen LogP contribution in [0.15, 0.2) is 36.4 Å². The molecule has 0 saturated heterocycles. The van der Waals surface area contributed by atoms with Crippen molar-refractivity contribution >= 4 is 17.5 Å².